The first kappa shape index (κ1) is 20.2. The quantitative estimate of drug-likeness (QED) is 0.660. The molecular weight excluding hydrogens is 381 g/mol. The first-order valence-corrected chi connectivity index (χ1v) is 10.2. The van der Waals surface area contributed by atoms with E-state index in [0.29, 0.717) is 22.4 Å². The van der Waals surface area contributed by atoms with Crippen LogP contribution in [0, 0.1) is 5.92 Å². The summed E-state index contributed by atoms with van der Waals surface area (Å²) >= 11 is 12.0. The summed E-state index contributed by atoms with van der Waals surface area (Å²) in [7, 11) is 0. The Balaban J connectivity index is 1.50. The molecule has 1 N–H and O–H groups in total. The minimum atomic E-state index is -0.813. The van der Waals surface area contributed by atoms with Crippen molar-refractivity contribution in [1.29, 1.82) is 0 Å². The number of aliphatic carboxylic acids is 1. The highest BCUT2D eigenvalue weighted by molar-refractivity contribution is 6.42. The van der Waals surface area contributed by atoms with Crippen molar-refractivity contribution in [2.75, 3.05) is 19.6 Å². The fourth-order valence-electron chi connectivity index (χ4n) is 3.84. The maximum atomic E-state index is 11.7. The van der Waals surface area contributed by atoms with E-state index in [2.05, 4.69) is 35.2 Å². The summed E-state index contributed by atoms with van der Waals surface area (Å²) < 4.78 is 0. The summed E-state index contributed by atoms with van der Waals surface area (Å²) in [6.45, 7) is 2.85. The third-order valence-electron chi connectivity index (χ3n) is 5.45. The van der Waals surface area contributed by atoms with Crippen LogP contribution in [-0.4, -0.2) is 35.6 Å². The molecule has 144 valence electrons. The fraction of sp³-hybridized carbons (Fsp3) is 0.409. The summed E-state index contributed by atoms with van der Waals surface area (Å²) in [5.74, 6) is -0.650. The van der Waals surface area contributed by atoms with Crippen LogP contribution in [0.2, 0.25) is 10.0 Å². The molecule has 1 saturated heterocycles. The largest absolute Gasteiger partial charge is 0.481 e. The molecule has 1 aliphatic rings. The monoisotopic (exact) mass is 405 g/mol. The van der Waals surface area contributed by atoms with Gasteiger partial charge >= 0.3 is 5.97 Å². The molecule has 0 aromatic heterocycles. The molecule has 3 rings (SSSR count). The molecule has 0 bridgehead atoms. The highest BCUT2D eigenvalue weighted by Crippen LogP contribution is 2.29. The van der Waals surface area contributed by atoms with Crippen molar-refractivity contribution in [3.63, 3.8) is 0 Å². The Morgan fingerprint density at radius 1 is 1.07 bits per heavy atom. The summed E-state index contributed by atoms with van der Waals surface area (Å²) in [6, 6.07) is 15.7. The number of rotatable bonds is 7. The zero-order valence-corrected chi connectivity index (χ0v) is 16.8. The van der Waals surface area contributed by atoms with Crippen molar-refractivity contribution in [2.45, 2.75) is 31.6 Å². The average Bonchev–Trinajstić information content (AvgIpc) is 2.66. The van der Waals surface area contributed by atoms with E-state index in [1.54, 1.807) is 18.2 Å². The predicted octanol–water partition coefficient (Wildman–Crippen LogP) is 5.51. The normalized spacial score (nSPS) is 17.0. The number of carboxylic acid groups (broad SMARTS) is 1. The Kier molecular flexibility index (Phi) is 7.17. The van der Waals surface area contributed by atoms with E-state index in [1.165, 1.54) is 18.4 Å². The van der Waals surface area contributed by atoms with E-state index < -0.39 is 11.9 Å². The Morgan fingerprint density at radius 3 is 2.41 bits per heavy atom. The number of piperidine rings is 1. The van der Waals surface area contributed by atoms with Crippen LogP contribution in [0.15, 0.2) is 48.5 Å². The molecule has 1 unspecified atom stereocenters. The van der Waals surface area contributed by atoms with Crippen molar-refractivity contribution >= 4 is 29.2 Å². The van der Waals surface area contributed by atoms with Crippen molar-refractivity contribution in [1.82, 2.24) is 4.90 Å². The molecule has 2 aromatic rings. The third kappa shape index (κ3) is 5.71. The van der Waals surface area contributed by atoms with Gasteiger partial charge in [-0.3, -0.25) is 4.79 Å². The first-order valence-electron chi connectivity index (χ1n) is 9.47. The fourth-order valence-corrected chi connectivity index (χ4v) is 4.14. The SMILES string of the molecule is O=C(O)C(CCN1CCC(Cc2ccccc2)CC1)c1ccc(Cl)c(Cl)c1. The molecule has 0 radical (unpaired) electrons. The number of hydrogen-bond donors (Lipinski definition) is 1. The van der Waals surface area contributed by atoms with Gasteiger partial charge in [0.05, 0.1) is 16.0 Å². The molecule has 3 nitrogen and oxygen atoms in total. The lowest BCUT2D eigenvalue weighted by molar-refractivity contribution is -0.139. The lowest BCUT2D eigenvalue weighted by Gasteiger charge is -2.32. The van der Waals surface area contributed by atoms with Gasteiger partial charge in [0.25, 0.3) is 0 Å². The minimum absolute atomic E-state index is 0.405. The highest BCUT2D eigenvalue weighted by atomic mass is 35.5. The van der Waals surface area contributed by atoms with Gasteiger partial charge in [-0.05, 0) is 74.5 Å². The van der Waals surface area contributed by atoms with Gasteiger partial charge in [0, 0.05) is 0 Å². The predicted molar refractivity (Wildman–Crippen MR) is 111 cm³/mol. The Hall–Kier alpha value is -1.55. The van der Waals surface area contributed by atoms with Gasteiger partial charge in [0.1, 0.15) is 0 Å². The van der Waals surface area contributed by atoms with Crippen LogP contribution in [0.4, 0.5) is 0 Å². The highest BCUT2D eigenvalue weighted by Gasteiger charge is 2.24. The maximum absolute atomic E-state index is 11.7. The van der Waals surface area contributed by atoms with E-state index in [1.807, 2.05) is 0 Å². The topological polar surface area (TPSA) is 40.5 Å². The van der Waals surface area contributed by atoms with Crippen LogP contribution in [0.1, 0.15) is 36.3 Å². The molecular formula is C22H25Cl2NO2. The second-order valence-electron chi connectivity index (χ2n) is 7.33. The lowest BCUT2D eigenvalue weighted by Crippen LogP contribution is -2.36. The summed E-state index contributed by atoms with van der Waals surface area (Å²) in [5, 5.41) is 10.5. The van der Waals surface area contributed by atoms with Crippen molar-refractivity contribution in [3.8, 4) is 0 Å². The molecule has 0 spiro atoms. The number of carbonyl (C=O) groups is 1. The molecule has 1 atom stereocenters. The van der Waals surface area contributed by atoms with Crippen LogP contribution in [-0.2, 0) is 11.2 Å². The van der Waals surface area contributed by atoms with Crippen LogP contribution >= 0.6 is 23.2 Å². The molecule has 1 heterocycles. The smallest absolute Gasteiger partial charge is 0.311 e. The van der Waals surface area contributed by atoms with Crippen molar-refractivity contribution < 1.29 is 9.90 Å². The molecule has 0 saturated carbocycles. The Labute approximate surface area is 170 Å². The number of benzene rings is 2. The van der Waals surface area contributed by atoms with Gasteiger partial charge in [-0.25, -0.2) is 0 Å². The van der Waals surface area contributed by atoms with Gasteiger partial charge in [-0.15, -0.1) is 0 Å². The van der Waals surface area contributed by atoms with Gasteiger partial charge in [0.2, 0.25) is 0 Å². The first-order chi connectivity index (χ1) is 13.0. The molecule has 5 heteroatoms. The number of carboxylic acids is 1. The second kappa shape index (κ2) is 9.59. The minimum Gasteiger partial charge on any atom is -0.481 e. The van der Waals surface area contributed by atoms with Crippen LogP contribution in [0.5, 0.6) is 0 Å². The Morgan fingerprint density at radius 2 is 1.78 bits per heavy atom. The summed E-state index contributed by atoms with van der Waals surface area (Å²) in [6.07, 6.45) is 4.05. The van der Waals surface area contributed by atoms with Gasteiger partial charge in [-0.1, -0.05) is 59.6 Å². The molecule has 2 aromatic carbocycles. The maximum Gasteiger partial charge on any atom is 0.311 e. The van der Waals surface area contributed by atoms with E-state index >= 15 is 0 Å². The van der Waals surface area contributed by atoms with E-state index in [9.17, 15) is 9.90 Å². The average molecular weight is 406 g/mol. The van der Waals surface area contributed by atoms with E-state index in [-0.39, 0.29) is 0 Å². The summed E-state index contributed by atoms with van der Waals surface area (Å²) in [5.41, 5.74) is 2.12. The number of nitrogens with zero attached hydrogens (tertiary/aromatic N) is 1. The summed E-state index contributed by atoms with van der Waals surface area (Å²) in [4.78, 5) is 14.1. The van der Waals surface area contributed by atoms with Crippen LogP contribution in [0.3, 0.4) is 0 Å². The number of halogens is 2. The van der Waals surface area contributed by atoms with Gasteiger partial charge < -0.3 is 10.0 Å². The van der Waals surface area contributed by atoms with E-state index in [0.717, 1.165) is 31.6 Å². The van der Waals surface area contributed by atoms with Crippen LogP contribution < -0.4 is 0 Å². The number of likely N-dealkylation sites (tertiary alicyclic amines) is 1. The standard InChI is InChI=1S/C22H25Cl2NO2/c23-20-7-6-18(15-21(20)24)19(22(26)27)10-13-25-11-8-17(9-12-25)14-16-4-2-1-3-5-16/h1-7,15,17,19H,8-14H2,(H,26,27). The van der Waals surface area contributed by atoms with Gasteiger partial charge in [-0.2, -0.15) is 0 Å². The zero-order chi connectivity index (χ0) is 19.2. The van der Waals surface area contributed by atoms with Crippen molar-refractivity contribution in [3.05, 3.63) is 69.7 Å². The Bertz CT molecular complexity index is 758. The van der Waals surface area contributed by atoms with Crippen molar-refractivity contribution in [2.24, 2.45) is 5.92 Å². The zero-order valence-electron chi connectivity index (χ0n) is 15.3. The van der Waals surface area contributed by atoms with Crippen LogP contribution in [0.25, 0.3) is 0 Å². The molecule has 1 aliphatic heterocycles. The van der Waals surface area contributed by atoms with Gasteiger partial charge in [0.15, 0.2) is 0 Å². The number of hydrogen-bond acceptors (Lipinski definition) is 2. The van der Waals surface area contributed by atoms with E-state index in [4.69, 9.17) is 23.2 Å². The lowest BCUT2D eigenvalue weighted by atomic mass is 9.89. The molecule has 27 heavy (non-hydrogen) atoms. The third-order valence-corrected chi connectivity index (χ3v) is 6.19. The molecule has 0 aliphatic carbocycles. The molecule has 0 amide bonds. The second-order valence-corrected chi connectivity index (χ2v) is 8.14. The molecule has 1 fully saturated rings.